The lowest BCUT2D eigenvalue weighted by molar-refractivity contribution is -0.122. The molecule has 0 unspecified atom stereocenters. The second kappa shape index (κ2) is 7.04. The molecule has 2 atom stereocenters. The van der Waals surface area contributed by atoms with Crippen LogP contribution in [0.3, 0.4) is 0 Å². The number of benzene rings is 1. The normalized spacial score (nSPS) is 25.9. The Morgan fingerprint density at radius 3 is 3.00 bits per heavy atom. The molecule has 0 bridgehead atoms. The van der Waals surface area contributed by atoms with Crippen molar-refractivity contribution in [3.05, 3.63) is 24.3 Å². The number of ether oxygens (including phenoxy) is 1. The van der Waals surface area contributed by atoms with Crippen molar-refractivity contribution in [1.82, 2.24) is 10.2 Å². The number of piperidine rings is 1. The summed E-state index contributed by atoms with van der Waals surface area (Å²) in [7, 11) is 0. The molecule has 0 aromatic heterocycles. The van der Waals surface area contributed by atoms with Crippen LogP contribution in [0.5, 0.6) is 5.75 Å². The van der Waals surface area contributed by atoms with Gasteiger partial charge in [0, 0.05) is 31.6 Å². The van der Waals surface area contributed by atoms with E-state index in [-0.39, 0.29) is 24.5 Å². The van der Waals surface area contributed by atoms with Gasteiger partial charge in [0.05, 0.1) is 5.69 Å². The van der Waals surface area contributed by atoms with Gasteiger partial charge in [0.1, 0.15) is 5.75 Å². The first kappa shape index (κ1) is 16.4. The summed E-state index contributed by atoms with van der Waals surface area (Å²) in [6.07, 6.45) is 5.07. The minimum atomic E-state index is -0.0918. The Kier molecular flexibility index (Phi) is 4.61. The number of rotatable bonds is 4. The Bertz CT molecular complexity index is 663. The molecule has 0 aliphatic carbocycles. The number of hydrogen-bond acceptors (Lipinski definition) is 4. The lowest BCUT2D eigenvalue weighted by Gasteiger charge is -2.33. The van der Waals surface area contributed by atoms with Gasteiger partial charge in [-0.3, -0.25) is 14.5 Å². The van der Waals surface area contributed by atoms with Crippen molar-refractivity contribution in [2.24, 2.45) is 0 Å². The molecule has 3 heterocycles. The predicted octanol–water partition coefficient (Wildman–Crippen LogP) is 1.55. The summed E-state index contributed by atoms with van der Waals surface area (Å²) >= 11 is 0. The number of nitrogens with zero attached hydrogens (tertiary/aromatic N) is 2. The maximum Gasteiger partial charge on any atom is 0.265 e. The fraction of sp³-hybridized carbons (Fsp3) is 0.579. The van der Waals surface area contributed by atoms with E-state index in [1.807, 2.05) is 24.3 Å². The first-order chi connectivity index (χ1) is 12.2. The second-order valence-electron chi connectivity index (χ2n) is 7.11. The van der Waals surface area contributed by atoms with Crippen LogP contribution in [0.25, 0.3) is 0 Å². The molecular weight excluding hydrogens is 318 g/mol. The Balaban J connectivity index is 1.34. The van der Waals surface area contributed by atoms with Crippen LogP contribution in [0.2, 0.25) is 0 Å². The SMILES string of the molecule is O=C(CCN1C(=O)COc2ccccc21)N[C@H]1CCN2CCCC[C@@H]12. The zero-order chi connectivity index (χ0) is 17.2. The second-order valence-corrected chi connectivity index (χ2v) is 7.11. The zero-order valence-corrected chi connectivity index (χ0v) is 14.4. The third-order valence-corrected chi connectivity index (χ3v) is 5.57. The lowest BCUT2D eigenvalue weighted by Crippen LogP contribution is -2.47. The smallest absolute Gasteiger partial charge is 0.265 e. The minimum Gasteiger partial charge on any atom is -0.482 e. The van der Waals surface area contributed by atoms with Crippen LogP contribution in [-0.4, -0.2) is 55.0 Å². The molecule has 6 heteroatoms. The van der Waals surface area contributed by atoms with Gasteiger partial charge >= 0.3 is 0 Å². The van der Waals surface area contributed by atoms with E-state index in [4.69, 9.17) is 4.74 Å². The Labute approximate surface area is 148 Å². The van der Waals surface area contributed by atoms with Crippen molar-refractivity contribution in [1.29, 1.82) is 0 Å². The van der Waals surface area contributed by atoms with Gasteiger partial charge in [-0.1, -0.05) is 18.6 Å². The van der Waals surface area contributed by atoms with E-state index >= 15 is 0 Å². The molecule has 6 nitrogen and oxygen atoms in total. The molecule has 0 spiro atoms. The van der Waals surface area contributed by atoms with Gasteiger partial charge in [0.15, 0.2) is 6.61 Å². The third kappa shape index (κ3) is 3.35. The number of fused-ring (bicyclic) bond motifs is 2. The molecule has 1 aromatic carbocycles. The molecule has 2 amide bonds. The van der Waals surface area contributed by atoms with E-state index < -0.39 is 0 Å². The highest BCUT2D eigenvalue weighted by Crippen LogP contribution is 2.31. The maximum absolute atomic E-state index is 12.4. The molecule has 25 heavy (non-hydrogen) atoms. The van der Waals surface area contributed by atoms with Crippen LogP contribution >= 0.6 is 0 Å². The summed E-state index contributed by atoms with van der Waals surface area (Å²) in [6, 6.07) is 8.25. The van der Waals surface area contributed by atoms with Crippen LogP contribution in [0.15, 0.2) is 24.3 Å². The molecule has 1 aromatic rings. The Morgan fingerprint density at radius 1 is 1.20 bits per heavy atom. The average molecular weight is 343 g/mol. The summed E-state index contributed by atoms with van der Waals surface area (Å²) in [6.45, 7) is 2.69. The van der Waals surface area contributed by atoms with E-state index in [1.165, 1.54) is 19.3 Å². The largest absolute Gasteiger partial charge is 0.482 e. The summed E-state index contributed by atoms with van der Waals surface area (Å²) in [5.74, 6) is 0.649. The van der Waals surface area contributed by atoms with Crippen LogP contribution in [-0.2, 0) is 9.59 Å². The number of carbonyl (C=O) groups excluding carboxylic acids is 2. The molecule has 4 rings (SSSR count). The molecule has 3 aliphatic rings. The fourth-order valence-corrected chi connectivity index (χ4v) is 4.31. The van der Waals surface area contributed by atoms with Gasteiger partial charge in [-0.05, 0) is 37.9 Å². The highest BCUT2D eigenvalue weighted by atomic mass is 16.5. The maximum atomic E-state index is 12.4. The third-order valence-electron chi connectivity index (χ3n) is 5.57. The average Bonchev–Trinajstić information content (AvgIpc) is 3.04. The molecule has 3 aliphatic heterocycles. The van der Waals surface area contributed by atoms with E-state index in [9.17, 15) is 9.59 Å². The van der Waals surface area contributed by atoms with Gasteiger partial charge in [-0.2, -0.15) is 0 Å². The fourth-order valence-electron chi connectivity index (χ4n) is 4.31. The Hall–Kier alpha value is -2.08. The summed E-state index contributed by atoms with van der Waals surface area (Å²) in [5.41, 5.74) is 0.755. The molecule has 1 N–H and O–H groups in total. The summed E-state index contributed by atoms with van der Waals surface area (Å²) in [5, 5.41) is 3.21. The number of carbonyl (C=O) groups is 2. The van der Waals surface area contributed by atoms with Crippen molar-refractivity contribution >= 4 is 17.5 Å². The first-order valence-corrected chi connectivity index (χ1v) is 9.28. The Morgan fingerprint density at radius 2 is 2.08 bits per heavy atom. The van der Waals surface area contributed by atoms with E-state index in [1.54, 1.807) is 4.90 Å². The van der Waals surface area contributed by atoms with Gasteiger partial charge in [0.25, 0.3) is 5.91 Å². The highest BCUT2D eigenvalue weighted by molar-refractivity contribution is 5.98. The topological polar surface area (TPSA) is 61.9 Å². The van der Waals surface area contributed by atoms with Crippen LogP contribution < -0.4 is 15.0 Å². The van der Waals surface area contributed by atoms with Crippen molar-refractivity contribution < 1.29 is 14.3 Å². The van der Waals surface area contributed by atoms with Crippen LogP contribution in [0.1, 0.15) is 32.1 Å². The number of para-hydroxylation sites is 2. The number of nitrogens with one attached hydrogen (secondary N) is 1. The summed E-state index contributed by atoms with van der Waals surface area (Å²) in [4.78, 5) is 28.8. The van der Waals surface area contributed by atoms with Crippen molar-refractivity contribution in [3.8, 4) is 5.75 Å². The number of anilines is 1. The molecule has 0 saturated carbocycles. The summed E-state index contributed by atoms with van der Waals surface area (Å²) < 4.78 is 5.44. The molecule has 0 radical (unpaired) electrons. The standard InChI is InChI=1S/C19H25N3O3/c23-18(20-14-8-11-21-10-4-3-5-15(14)21)9-12-22-16-6-1-2-7-17(16)25-13-19(22)24/h1-2,6-7,14-15H,3-5,8-13H2,(H,20,23)/t14-,15-/m0/s1. The molecule has 2 fully saturated rings. The van der Waals surface area contributed by atoms with Gasteiger partial charge in [-0.15, -0.1) is 0 Å². The highest BCUT2D eigenvalue weighted by Gasteiger charge is 2.36. The van der Waals surface area contributed by atoms with E-state index in [0.29, 0.717) is 24.8 Å². The van der Waals surface area contributed by atoms with Gasteiger partial charge < -0.3 is 15.0 Å². The number of amides is 2. The zero-order valence-electron chi connectivity index (χ0n) is 14.4. The lowest BCUT2D eigenvalue weighted by atomic mass is 9.99. The van der Waals surface area contributed by atoms with Crippen LogP contribution in [0.4, 0.5) is 5.69 Å². The minimum absolute atomic E-state index is 0.0363. The van der Waals surface area contributed by atoms with Crippen LogP contribution in [0, 0.1) is 0 Å². The molecular formula is C19H25N3O3. The van der Waals surface area contributed by atoms with Crippen molar-refractivity contribution in [2.45, 2.75) is 44.2 Å². The number of hydrogen-bond donors (Lipinski definition) is 1. The van der Waals surface area contributed by atoms with Crippen molar-refractivity contribution in [3.63, 3.8) is 0 Å². The first-order valence-electron chi connectivity index (χ1n) is 9.28. The van der Waals surface area contributed by atoms with E-state index in [2.05, 4.69) is 10.2 Å². The monoisotopic (exact) mass is 343 g/mol. The van der Waals surface area contributed by atoms with E-state index in [0.717, 1.165) is 25.2 Å². The van der Waals surface area contributed by atoms with Crippen molar-refractivity contribution in [2.75, 3.05) is 31.1 Å². The van der Waals surface area contributed by atoms with Gasteiger partial charge in [0.2, 0.25) is 5.91 Å². The van der Waals surface area contributed by atoms with Gasteiger partial charge in [-0.25, -0.2) is 0 Å². The predicted molar refractivity (Wildman–Crippen MR) is 94.7 cm³/mol. The molecule has 2 saturated heterocycles. The quantitative estimate of drug-likeness (QED) is 0.901. The molecule has 134 valence electrons.